The van der Waals surface area contributed by atoms with Crippen LogP contribution < -0.4 is 4.90 Å². The Kier molecular flexibility index (Phi) is 4.62. The van der Waals surface area contributed by atoms with Crippen LogP contribution in [0.4, 0.5) is 10.1 Å². The lowest BCUT2D eigenvalue weighted by Crippen LogP contribution is -2.49. The first-order valence-corrected chi connectivity index (χ1v) is 8.99. The molecule has 0 aliphatic carbocycles. The number of piperazine rings is 1. The SMILES string of the molecule is Cn1cc(-c2ccncc2)cc1C(=O)N1CCN(c2ccccc2F)CC1. The van der Waals surface area contributed by atoms with E-state index in [9.17, 15) is 9.18 Å². The van der Waals surface area contributed by atoms with Gasteiger partial charge in [-0.25, -0.2) is 4.39 Å². The van der Waals surface area contributed by atoms with Crippen molar-refractivity contribution in [2.75, 3.05) is 31.1 Å². The third kappa shape index (κ3) is 3.43. The molecule has 2 aromatic heterocycles. The minimum Gasteiger partial charge on any atom is -0.366 e. The van der Waals surface area contributed by atoms with Gasteiger partial charge in [0.2, 0.25) is 0 Å². The number of aromatic nitrogens is 2. The Morgan fingerprint density at radius 1 is 1.00 bits per heavy atom. The monoisotopic (exact) mass is 364 g/mol. The maximum atomic E-state index is 14.0. The molecule has 1 fully saturated rings. The summed E-state index contributed by atoms with van der Waals surface area (Å²) in [6.07, 6.45) is 5.44. The molecule has 27 heavy (non-hydrogen) atoms. The number of carbonyl (C=O) groups is 1. The van der Waals surface area contributed by atoms with Crippen molar-refractivity contribution in [2.24, 2.45) is 7.05 Å². The summed E-state index contributed by atoms with van der Waals surface area (Å²) in [5.41, 5.74) is 3.28. The molecule has 0 saturated carbocycles. The van der Waals surface area contributed by atoms with E-state index in [0.29, 0.717) is 37.6 Å². The zero-order chi connectivity index (χ0) is 18.8. The quantitative estimate of drug-likeness (QED) is 0.717. The normalized spacial score (nSPS) is 14.4. The number of carbonyl (C=O) groups excluding carboxylic acids is 1. The standard InChI is InChI=1S/C21H21FN4O/c1-24-15-17(16-6-8-23-9-7-16)14-20(24)21(27)26-12-10-25(11-13-26)19-5-3-2-4-18(19)22/h2-9,14-15H,10-13H2,1H3. The number of rotatable bonds is 3. The van der Waals surface area contributed by atoms with E-state index in [0.717, 1.165) is 11.1 Å². The number of aryl methyl sites for hydroxylation is 1. The van der Waals surface area contributed by atoms with Crippen LogP contribution >= 0.6 is 0 Å². The van der Waals surface area contributed by atoms with Crippen molar-refractivity contribution in [1.82, 2.24) is 14.5 Å². The van der Waals surface area contributed by atoms with Crippen molar-refractivity contribution in [3.8, 4) is 11.1 Å². The minimum atomic E-state index is -0.221. The van der Waals surface area contributed by atoms with Crippen molar-refractivity contribution < 1.29 is 9.18 Å². The zero-order valence-corrected chi connectivity index (χ0v) is 15.2. The molecule has 4 rings (SSSR count). The van der Waals surface area contributed by atoms with Gasteiger partial charge in [0, 0.05) is 57.4 Å². The molecule has 5 nitrogen and oxygen atoms in total. The molecule has 3 aromatic rings. The molecule has 6 heteroatoms. The lowest BCUT2D eigenvalue weighted by Gasteiger charge is -2.36. The molecular weight excluding hydrogens is 343 g/mol. The van der Waals surface area contributed by atoms with Gasteiger partial charge in [-0.15, -0.1) is 0 Å². The summed E-state index contributed by atoms with van der Waals surface area (Å²) in [4.78, 5) is 20.8. The number of anilines is 1. The van der Waals surface area contributed by atoms with Crippen LogP contribution in [0.5, 0.6) is 0 Å². The van der Waals surface area contributed by atoms with E-state index in [1.165, 1.54) is 6.07 Å². The van der Waals surface area contributed by atoms with Crippen LogP contribution in [0.15, 0.2) is 61.1 Å². The van der Waals surface area contributed by atoms with Crippen molar-refractivity contribution in [3.63, 3.8) is 0 Å². The fourth-order valence-corrected chi connectivity index (χ4v) is 3.50. The van der Waals surface area contributed by atoms with Gasteiger partial charge >= 0.3 is 0 Å². The average molecular weight is 364 g/mol. The zero-order valence-electron chi connectivity index (χ0n) is 15.2. The van der Waals surface area contributed by atoms with E-state index in [-0.39, 0.29) is 11.7 Å². The van der Waals surface area contributed by atoms with Gasteiger partial charge in [-0.1, -0.05) is 12.1 Å². The Hall–Kier alpha value is -3.15. The van der Waals surface area contributed by atoms with E-state index in [2.05, 4.69) is 4.98 Å². The molecule has 0 radical (unpaired) electrons. The molecule has 0 unspecified atom stereocenters. The second kappa shape index (κ2) is 7.23. The maximum Gasteiger partial charge on any atom is 0.270 e. The predicted octanol–water partition coefficient (Wildman–Crippen LogP) is 3.19. The van der Waals surface area contributed by atoms with Crippen LogP contribution in [0.3, 0.4) is 0 Å². The van der Waals surface area contributed by atoms with Crippen molar-refractivity contribution in [1.29, 1.82) is 0 Å². The highest BCUT2D eigenvalue weighted by atomic mass is 19.1. The van der Waals surface area contributed by atoms with Crippen LogP contribution in [-0.2, 0) is 7.05 Å². The number of halogens is 1. The predicted molar refractivity (Wildman–Crippen MR) is 103 cm³/mol. The number of hydrogen-bond donors (Lipinski definition) is 0. The number of para-hydroxylation sites is 1. The van der Waals surface area contributed by atoms with E-state index in [1.807, 2.05) is 51.9 Å². The minimum absolute atomic E-state index is 0.00555. The summed E-state index contributed by atoms with van der Waals surface area (Å²) in [5, 5.41) is 0. The van der Waals surface area contributed by atoms with Crippen molar-refractivity contribution in [3.05, 3.63) is 72.6 Å². The van der Waals surface area contributed by atoms with Crippen LogP contribution in [0.25, 0.3) is 11.1 Å². The molecule has 1 aliphatic rings. The van der Waals surface area contributed by atoms with E-state index in [1.54, 1.807) is 24.5 Å². The van der Waals surface area contributed by atoms with E-state index in [4.69, 9.17) is 0 Å². The van der Waals surface area contributed by atoms with E-state index < -0.39 is 0 Å². The summed E-state index contributed by atoms with van der Waals surface area (Å²) in [5.74, 6) is -0.215. The first kappa shape index (κ1) is 17.3. The first-order valence-electron chi connectivity index (χ1n) is 8.99. The highest BCUT2D eigenvalue weighted by Crippen LogP contribution is 2.24. The van der Waals surface area contributed by atoms with Gasteiger partial charge in [-0.2, -0.15) is 0 Å². The second-order valence-electron chi connectivity index (χ2n) is 6.69. The fraction of sp³-hybridized carbons (Fsp3) is 0.238. The van der Waals surface area contributed by atoms with Crippen LogP contribution in [0.2, 0.25) is 0 Å². The summed E-state index contributed by atoms with van der Waals surface area (Å²) in [6, 6.07) is 12.5. The largest absolute Gasteiger partial charge is 0.366 e. The molecule has 1 aromatic carbocycles. The van der Waals surface area contributed by atoms with Gasteiger partial charge in [0.15, 0.2) is 0 Å². The van der Waals surface area contributed by atoms with Gasteiger partial charge in [-0.3, -0.25) is 9.78 Å². The summed E-state index contributed by atoms with van der Waals surface area (Å²) in [7, 11) is 1.88. The topological polar surface area (TPSA) is 41.4 Å². The Bertz CT molecular complexity index is 946. The number of pyridine rings is 1. The third-order valence-electron chi connectivity index (χ3n) is 5.00. The average Bonchev–Trinajstić information content (AvgIpc) is 3.10. The summed E-state index contributed by atoms with van der Waals surface area (Å²) < 4.78 is 15.8. The molecule has 0 N–H and O–H groups in total. The lowest BCUT2D eigenvalue weighted by molar-refractivity contribution is 0.0737. The van der Waals surface area contributed by atoms with Crippen molar-refractivity contribution in [2.45, 2.75) is 0 Å². The van der Waals surface area contributed by atoms with Crippen LogP contribution in [0.1, 0.15) is 10.5 Å². The van der Waals surface area contributed by atoms with Crippen LogP contribution in [-0.4, -0.2) is 46.5 Å². The molecule has 0 spiro atoms. The molecule has 1 aliphatic heterocycles. The Morgan fingerprint density at radius 2 is 1.70 bits per heavy atom. The first-order chi connectivity index (χ1) is 13.1. The van der Waals surface area contributed by atoms with Gasteiger partial charge in [0.05, 0.1) is 5.69 Å². The Labute approximate surface area is 157 Å². The Morgan fingerprint density at radius 3 is 2.41 bits per heavy atom. The van der Waals surface area contributed by atoms with Crippen LogP contribution in [0, 0.1) is 5.82 Å². The number of hydrogen-bond acceptors (Lipinski definition) is 3. The highest BCUT2D eigenvalue weighted by molar-refractivity contribution is 5.94. The lowest BCUT2D eigenvalue weighted by atomic mass is 10.1. The van der Waals surface area contributed by atoms with Gasteiger partial charge in [0.1, 0.15) is 11.5 Å². The molecule has 0 bridgehead atoms. The molecule has 0 atom stereocenters. The maximum absolute atomic E-state index is 14.0. The third-order valence-corrected chi connectivity index (χ3v) is 5.00. The molecule has 1 saturated heterocycles. The van der Waals surface area contributed by atoms with Gasteiger partial charge < -0.3 is 14.4 Å². The molecular formula is C21H21FN4O. The number of nitrogens with zero attached hydrogens (tertiary/aromatic N) is 4. The fourth-order valence-electron chi connectivity index (χ4n) is 3.50. The molecule has 138 valence electrons. The number of benzene rings is 1. The molecule has 1 amide bonds. The van der Waals surface area contributed by atoms with Crippen molar-refractivity contribution >= 4 is 11.6 Å². The highest BCUT2D eigenvalue weighted by Gasteiger charge is 2.25. The number of amides is 1. The second-order valence-corrected chi connectivity index (χ2v) is 6.69. The smallest absolute Gasteiger partial charge is 0.270 e. The molecule has 3 heterocycles. The summed E-state index contributed by atoms with van der Waals surface area (Å²) in [6.45, 7) is 2.38. The van der Waals surface area contributed by atoms with E-state index >= 15 is 0 Å². The Balaban J connectivity index is 1.47. The summed E-state index contributed by atoms with van der Waals surface area (Å²) >= 11 is 0. The van der Waals surface area contributed by atoms with Gasteiger partial charge in [0.25, 0.3) is 5.91 Å². The van der Waals surface area contributed by atoms with Gasteiger partial charge in [-0.05, 0) is 35.9 Å².